The van der Waals surface area contributed by atoms with Gasteiger partial charge in [-0.25, -0.2) is 9.69 Å². The van der Waals surface area contributed by atoms with E-state index in [1.165, 1.54) is 13.2 Å². The van der Waals surface area contributed by atoms with E-state index in [1.807, 2.05) is 0 Å². The Bertz CT molecular complexity index is 989. The lowest BCUT2D eigenvalue weighted by atomic mass is 10.1. The van der Waals surface area contributed by atoms with E-state index >= 15 is 0 Å². The Hall–Kier alpha value is -3.33. The predicted molar refractivity (Wildman–Crippen MR) is 109 cm³/mol. The van der Waals surface area contributed by atoms with E-state index in [9.17, 15) is 24.3 Å². The molecule has 3 rings (SSSR count). The highest BCUT2D eigenvalue weighted by molar-refractivity contribution is 8.15. The number of aryl methyl sites for hydroxylation is 1. The van der Waals surface area contributed by atoms with Crippen molar-refractivity contribution in [1.82, 2.24) is 0 Å². The maximum absolute atomic E-state index is 12.7. The molecular weight excluding hydrogens is 396 g/mol. The Balaban J connectivity index is 1.72. The van der Waals surface area contributed by atoms with Crippen LogP contribution in [-0.2, 0) is 9.59 Å². The van der Waals surface area contributed by atoms with Crippen molar-refractivity contribution in [2.45, 2.75) is 18.6 Å². The molecule has 0 spiro atoms. The molecule has 9 heteroatoms. The Kier molecular flexibility index (Phi) is 5.88. The molecule has 150 valence electrons. The molecule has 2 N–H and O–H groups in total. The normalized spacial score (nSPS) is 16.1. The van der Waals surface area contributed by atoms with Gasteiger partial charge < -0.3 is 15.2 Å². The van der Waals surface area contributed by atoms with Gasteiger partial charge in [-0.1, -0.05) is 6.07 Å². The molecule has 1 heterocycles. The fraction of sp³-hybridized carbons (Fsp3) is 0.200. The second-order valence-corrected chi connectivity index (χ2v) is 7.50. The SMILES string of the molecule is COc1ccc(N2C(=O)SC(CC(=O)Nc3cc(C)ccc3C(=O)O)C2=O)cc1. The average Bonchev–Trinajstić information content (AvgIpc) is 2.94. The van der Waals surface area contributed by atoms with Crippen LogP contribution >= 0.6 is 11.8 Å². The maximum Gasteiger partial charge on any atom is 0.337 e. The summed E-state index contributed by atoms with van der Waals surface area (Å²) in [5, 5.41) is 10.4. The summed E-state index contributed by atoms with van der Waals surface area (Å²) in [6.45, 7) is 1.77. The smallest absolute Gasteiger partial charge is 0.337 e. The zero-order valence-corrected chi connectivity index (χ0v) is 16.5. The Morgan fingerprint density at radius 1 is 1.17 bits per heavy atom. The second-order valence-electron chi connectivity index (χ2n) is 6.35. The van der Waals surface area contributed by atoms with E-state index in [1.54, 1.807) is 43.3 Å². The van der Waals surface area contributed by atoms with Crippen LogP contribution in [0.2, 0.25) is 0 Å². The van der Waals surface area contributed by atoms with E-state index in [0.29, 0.717) is 11.4 Å². The van der Waals surface area contributed by atoms with Gasteiger partial charge in [0.05, 0.1) is 24.0 Å². The molecular formula is C20H18N2O6S. The van der Waals surface area contributed by atoms with Gasteiger partial charge in [0.2, 0.25) is 11.8 Å². The largest absolute Gasteiger partial charge is 0.497 e. The number of thioether (sulfide) groups is 1. The minimum atomic E-state index is -1.17. The van der Waals surface area contributed by atoms with E-state index in [-0.39, 0.29) is 17.7 Å². The van der Waals surface area contributed by atoms with Crippen molar-refractivity contribution < 1.29 is 29.0 Å². The lowest BCUT2D eigenvalue weighted by Crippen LogP contribution is -2.33. The van der Waals surface area contributed by atoms with Gasteiger partial charge in [-0.05, 0) is 60.6 Å². The molecule has 1 atom stereocenters. The maximum atomic E-state index is 12.7. The molecule has 0 saturated carbocycles. The Morgan fingerprint density at radius 3 is 2.48 bits per heavy atom. The quantitative estimate of drug-likeness (QED) is 0.746. The number of carbonyl (C=O) groups is 4. The number of hydrogen-bond donors (Lipinski definition) is 2. The molecule has 0 aromatic heterocycles. The molecule has 8 nitrogen and oxygen atoms in total. The van der Waals surface area contributed by atoms with Gasteiger partial charge >= 0.3 is 5.97 Å². The van der Waals surface area contributed by atoms with Gasteiger partial charge in [-0.3, -0.25) is 14.4 Å². The van der Waals surface area contributed by atoms with Crippen molar-refractivity contribution in [2.75, 3.05) is 17.3 Å². The van der Waals surface area contributed by atoms with Gasteiger partial charge in [0.15, 0.2) is 0 Å². The van der Waals surface area contributed by atoms with Crippen LogP contribution in [0.4, 0.5) is 16.2 Å². The summed E-state index contributed by atoms with van der Waals surface area (Å²) in [6, 6.07) is 11.0. The molecule has 2 aromatic rings. The zero-order chi connectivity index (χ0) is 21.1. The van der Waals surface area contributed by atoms with Crippen LogP contribution in [0.5, 0.6) is 5.75 Å². The summed E-state index contributed by atoms with van der Waals surface area (Å²) in [5.74, 6) is -1.63. The lowest BCUT2D eigenvalue weighted by Gasteiger charge is -2.14. The van der Waals surface area contributed by atoms with E-state index < -0.39 is 28.3 Å². The Morgan fingerprint density at radius 2 is 1.86 bits per heavy atom. The summed E-state index contributed by atoms with van der Waals surface area (Å²) < 4.78 is 5.06. The number of benzene rings is 2. The number of hydrogen-bond acceptors (Lipinski definition) is 6. The van der Waals surface area contributed by atoms with Crippen molar-refractivity contribution >= 4 is 46.2 Å². The molecule has 1 fully saturated rings. The topological polar surface area (TPSA) is 113 Å². The third kappa shape index (κ3) is 4.40. The molecule has 3 amide bonds. The minimum absolute atomic E-state index is 0.0507. The first-order chi connectivity index (χ1) is 13.8. The van der Waals surface area contributed by atoms with Crippen LogP contribution in [0.1, 0.15) is 22.3 Å². The second kappa shape index (κ2) is 8.36. The molecule has 2 aromatic carbocycles. The van der Waals surface area contributed by atoms with Crippen LogP contribution in [0.15, 0.2) is 42.5 Å². The molecule has 1 aliphatic rings. The summed E-state index contributed by atoms with van der Waals surface area (Å²) >= 11 is 0.768. The van der Waals surface area contributed by atoms with Crippen molar-refractivity contribution in [3.63, 3.8) is 0 Å². The zero-order valence-electron chi connectivity index (χ0n) is 15.7. The number of nitrogens with zero attached hydrogens (tertiary/aromatic N) is 1. The highest BCUT2D eigenvalue weighted by Gasteiger charge is 2.41. The van der Waals surface area contributed by atoms with Gasteiger partial charge in [0.1, 0.15) is 11.0 Å². The number of carboxylic acids is 1. The molecule has 0 radical (unpaired) electrons. The highest BCUT2D eigenvalue weighted by Crippen LogP contribution is 2.34. The first-order valence-corrected chi connectivity index (χ1v) is 9.50. The van der Waals surface area contributed by atoms with Crippen molar-refractivity contribution in [1.29, 1.82) is 0 Å². The number of nitrogens with one attached hydrogen (secondary N) is 1. The van der Waals surface area contributed by atoms with Crippen molar-refractivity contribution in [3.05, 3.63) is 53.6 Å². The Labute approximate surface area is 170 Å². The fourth-order valence-corrected chi connectivity index (χ4v) is 3.85. The molecule has 0 aliphatic carbocycles. The van der Waals surface area contributed by atoms with Gasteiger partial charge in [-0.2, -0.15) is 0 Å². The number of ether oxygens (including phenoxy) is 1. The van der Waals surface area contributed by atoms with E-state index in [2.05, 4.69) is 5.32 Å². The third-order valence-electron chi connectivity index (χ3n) is 4.30. The summed E-state index contributed by atoms with van der Waals surface area (Å²) in [4.78, 5) is 49.7. The van der Waals surface area contributed by atoms with Crippen molar-refractivity contribution in [2.24, 2.45) is 0 Å². The number of methoxy groups -OCH3 is 1. The summed E-state index contributed by atoms with van der Waals surface area (Å²) in [6.07, 6.45) is -0.255. The van der Waals surface area contributed by atoms with Crippen LogP contribution in [0.25, 0.3) is 0 Å². The monoisotopic (exact) mass is 414 g/mol. The predicted octanol–water partition coefficient (Wildman–Crippen LogP) is 3.30. The van der Waals surface area contributed by atoms with Gasteiger partial charge in [-0.15, -0.1) is 0 Å². The van der Waals surface area contributed by atoms with E-state index in [0.717, 1.165) is 22.2 Å². The molecule has 1 aliphatic heterocycles. The van der Waals surface area contributed by atoms with Gasteiger partial charge in [0, 0.05) is 6.42 Å². The molecule has 0 bridgehead atoms. The molecule has 29 heavy (non-hydrogen) atoms. The standard InChI is InChI=1S/C20H18N2O6S/c1-11-3-8-14(19(25)26)15(9-11)21-17(23)10-16-18(24)22(20(27)29-16)12-4-6-13(28-2)7-5-12/h3-9,16H,10H2,1-2H3,(H,21,23)(H,25,26). The number of anilines is 2. The fourth-order valence-electron chi connectivity index (χ4n) is 2.87. The number of carboxylic acid groups (broad SMARTS) is 1. The highest BCUT2D eigenvalue weighted by atomic mass is 32.2. The number of rotatable bonds is 6. The first-order valence-electron chi connectivity index (χ1n) is 8.62. The lowest BCUT2D eigenvalue weighted by molar-refractivity contribution is -0.121. The van der Waals surface area contributed by atoms with Crippen LogP contribution in [0.3, 0.4) is 0 Å². The summed E-state index contributed by atoms with van der Waals surface area (Å²) in [7, 11) is 1.51. The molecule has 1 saturated heterocycles. The minimum Gasteiger partial charge on any atom is -0.497 e. The summed E-state index contributed by atoms with van der Waals surface area (Å²) in [5.41, 5.74) is 1.27. The number of carbonyl (C=O) groups excluding carboxylic acids is 3. The first kappa shape index (κ1) is 20.4. The molecule has 1 unspecified atom stereocenters. The number of aromatic carboxylic acids is 1. The number of imide groups is 1. The number of amides is 3. The average molecular weight is 414 g/mol. The van der Waals surface area contributed by atoms with Gasteiger partial charge in [0.25, 0.3) is 5.24 Å². The van der Waals surface area contributed by atoms with Crippen LogP contribution in [0, 0.1) is 6.92 Å². The third-order valence-corrected chi connectivity index (χ3v) is 5.34. The van der Waals surface area contributed by atoms with Crippen LogP contribution < -0.4 is 15.0 Å². The van der Waals surface area contributed by atoms with E-state index in [4.69, 9.17) is 4.74 Å². The van der Waals surface area contributed by atoms with Crippen molar-refractivity contribution in [3.8, 4) is 5.75 Å². The van der Waals surface area contributed by atoms with Crippen LogP contribution in [-0.4, -0.2) is 40.5 Å².